The van der Waals surface area contributed by atoms with E-state index in [0.29, 0.717) is 0 Å². The van der Waals surface area contributed by atoms with Crippen LogP contribution in [-0.4, -0.2) is 11.3 Å². The third-order valence-electron chi connectivity index (χ3n) is 2.28. The Bertz CT molecular complexity index is 460. The molecule has 0 bridgehead atoms. The van der Waals surface area contributed by atoms with Crippen LogP contribution < -0.4 is 0 Å². The lowest BCUT2D eigenvalue weighted by Crippen LogP contribution is -1.81. The van der Waals surface area contributed by atoms with Crippen molar-refractivity contribution in [3.8, 4) is 0 Å². The van der Waals surface area contributed by atoms with Crippen molar-refractivity contribution in [3.05, 3.63) is 65.7 Å². The van der Waals surface area contributed by atoms with Crippen molar-refractivity contribution in [2.24, 2.45) is 4.99 Å². The highest BCUT2D eigenvalue weighted by Gasteiger charge is 1.90. The highest BCUT2D eigenvalue weighted by Crippen LogP contribution is 2.12. The van der Waals surface area contributed by atoms with Gasteiger partial charge in [0.15, 0.2) is 0 Å². The highest BCUT2D eigenvalue weighted by atomic mass is 16.3. The van der Waals surface area contributed by atoms with Crippen LogP contribution in [0.15, 0.2) is 59.6 Å². The standard InChI is InChI=1S/C14H13NO/c16-11-13-6-8-14(9-7-13)15-10-12-4-2-1-3-5-12/h1-10,16H,11H2/b15-10+. The van der Waals surface area contributed by atoms with Gasteiger partial charge in [0.2, 0.25) is 0 Å². The van der Waals surface area contributed by atoms with Gasteiger partial charge in [-0.1, -0.05) is 42.5 Å². The van der Waals surface area contributed by atoms with Gasteiger partial charge >= 0.3 is 0 Å². The number of aliphatic hydroxyl groups is 1. The summed E-state index contributed by atoms with van der Waals surface area (Å²) in [5.74, 6) is 0. The van der Waals surface area contributed by atoms with Gasteiger partial charge in [0, 0.05) is 6.21 Å². The summed E-state index contributed by atoms with van der Waals surface area (Å²) in [5, 5.41) is 8.90. The van der Waals surface area contributed by atoms with Crippen LogP contribution in [0.1, 0.15) is 11.1 Å². The Morgan fingerprint density at radius 2 is 1.62 bits per heavy atom. The van der Waals surface area contributed by atoms with Crippen molar-refractivity contribution >= 4 is 11.9 Å². The largest absolute Gasteiger partial charge is 0.392 e. The maximum atomic E-state index is 8.90. The second-order valence-electron chi connectivity index (χ2n) is 3.49. The van der Waals surface area contributed by atoms with E-state index in [0.717, 1.165) is 16.8 Å². The molecular weight excluding hydrogens is 198 g/mol. The van der Waals surface area contributed by atoms with Crippen molar-refractivity contribution in [2.75, 3.05) is 0 Å². The van der Waals surface area contributed by atoms with Crippen molar-refractivity contribution < 1.29 is 5.11 Å². The quantitative estimate of drug-likeness (QED) is 0.778. The zero-order valence-corrected chi connectivity index (χ0v) is 8.88. The van der Waals surface area contributed by atoms with Gasteiger partial charge in [-0.3, -0.25) is 4.99 Å². The number of benzene rings is 2. The number of aliphatic imine (C=N–C) groups is 1. The fraction of sp³-hybridized carbons (Fsp3) is 0.0714. The second kappa shape index (κ2) is 5.24. The molecule has 16 heavy (non-hydrogen) atoms. The molecule has 0 unspecified atom stereocenters. The zero-order chi connectivity index (χ0) is 11.2. The van der Waals surface area contributed by atoms with Gasteiger partial charge in [-0.05, 0) is 23.3 Å². The van der Waals surface area contributed by atoms with Gasteiger partial charge in [-0.15, -0.1) is 0 Å². The van der Waals surface area contributed by atoms with Crippen LogP contribution in [-0.2, 0) is 6.61 Å². The van der Waals surface area contributed by atoms with Crippen LogP contribution in [0.25, 0.3) is 0 Å². The minimum atomic E-state index is 0.0721. The number of rotatable bonds is 3. The minimum absolute atomic E-state index is 0.0721. The predicted molar refractivity (Wildman–Crippen MR) is 66.1 cm³/mol. The lowest BCUT2D eigenvalue weighted by Gasteiger charge is -1.96. The van der Waals surface area contributed by atoms with E-state index in [1.807, 2.05) is 60.8 Å². The monoisotopic (exact) mass is 211 g/mol. The predicted octanol–water partition coefficient (Wildman–Crippen LogP) is 2.93. The van der Waals surface area contributed by atoms with E-state index in [1.165, 1.54) is 0 Å². The lowest BCUT2D eigenvalue weighted by atomic mass is 10.2. The first kappa shape index (κ1) is 10.6. The molecule has 0 heterocycles. The molecule has 2 nitrogen and oxygen atoms in total. The van der Waals surface area contributed by atoms with E-state index in [2.05, 4.69) is 4.99 Å². The number of hydrogen-bond acceptors (Lipinski definition) is 2. The number of nitrogens with zero attached hydrogens (tertiary/aromatic N) is 1. The fourth-order valence-corrected chi connectivity index (χ4v) is 1.38. The summed E-state index contributed by atoms with van der Waals surface area (Å²) < 4.78 is 0. The smallest absolute Gasteiger partial charge is 0.0681 e. The second-order valence-corrected chi connectivity index (χ2v) is 3.49. The molecule has 1 N–H and O–H groups in total. The fourth-order valence-electron chi connectivity index (χ4n) is 1.38. The summed E-state index contributed by atoms with van der Waals surface area (Å²) in [4.78, 5) is 4.35. The molecule has 0 saturated heterocycles. The average molecular weight is 211 g/mol. The van der Waals surface area contributed by atoms with Crippen molar-refractivity contribution in [1.82, 2.24) is 0 Å². The molecular formula is C14H13NO. The molecule has 0 radical (unpaired) electrons. The van der Waals surface area contributed by atoms with Crippen LogP contribution in [0.5, 0.6) is 0 Å². The number of hydrogen-bond donors (Lipinski definition) is 1. The third kappa shape index (κ3) is 2.78. The van der Waals surface area contributed by atoms with Gasteiger partial charge in [0.05, 0.1) is 12.3 Å². The van der Waals surface area contributed by atoms with Crippen molar-refractivity contribution in [3.63, 3.8) is 0 Å². The summed E-state index contributed by atoms with van der Waals surface area (Å²) in [6, 6.07) is 17.5. The van der Waals surface area contributed by atoms with E-state index >= 15 is 0 Å². The number of aliphatic hydroxyl groups excluding tert-OH is 1. The summed E-state index contributed by atoms with van der Waals surface area (Å²) in [6.07, 6.45) is 1.83. The maximum absolute atomic E-state index is 8.90. The van der Waals surface area contributed by atoms with Crippen molar-refractivity contribution in [2.45, 2.75) is 6.61 Å². The molecule has 0 spiro atoms. The Morgan fingerprint density at radius 3 is 2.25 bits per heavy atom. The molecule has 0 aliphatic heterocycles. The Balaban J connectivity index is 2.12. The molecule has 0 aliphatic rings. The van der Waals surface area contributed by atoms with E-state index in [9.17, 15) is 0 Å². The first-order valence-electron chi connectivity index (χ1n) is 5.17. The lowest BCUT2D eigenvalue weighted by molar-refractivity contribution is 0.282. The normalized spacial score (nSPS) is 10.8. The van der Waals surface area contributed by atoms with E-state index in [-0.39, 0.29) is 6.61 Å². The first-order valence-corrected chi connectivity index (χ1v) is 5.17. The van der Waals surface area contributed by atoms with Crippen LogP contribution in [0.2, 0.25) is 0 Å². The maximum Gasteiger partial charge on any atom is 0.0681 e. The van der Waals surface area contributed by atoms with E-state index < -0.39 is 0 Å². The van der Waals surface area contributed by atoms with Crippen molar-refractivity contribution in [1.29, 1.82) is 0 Å². The Hall–Kier alpha value is -1.93. The van der Waals surface area contributed by atoms with Gasteiger partial charge < -0.3 is 5.11 Å². The molecule has 2 aromatic carbocycles. The topological polar surface area (TPSA) is 32.6 Å². The minimum Gasteiger partial charge on any atom is -0.392 e. The van der Waals surface area contributed by atoms with Crippen LogP contribution in [0.4, 0.5) is 5.69 Å². The SMILES string of the molecule is OCc1ccc(/N=C/c2ccccc2)cc1. The van der Waals surface area contributed by atoms with Gasteiger partial charge in [0.25, 0.3) is 0 Å². The van der Waals surface area contributed by atoms with Gasteiger partial charge in [-0.2, -0.15) is 0 Å². The Labute approximate surface area is 94.9 Å². The molecule has 0 amide bonds. The molecule has 0 fully saturated rings. The van der Waals surface area contributed by atoms with Crippen LogP contribution in [0.3, 0.4) is 0 Å². The Kier molecular flexibility index (Phi) is 3.46. The first-order chi connectivity index (χ1) is 7.88. The average Bonchev–Trinajstić information content (AvgIpc) is 2.38. The highest BCUT2D eigenvalue weighted by molar-refractivity contribution is 5.81. The summed E-state index contributed by atoms with van der Waals surface area (Å²) in [7, 11) is 0. The van der Waals surface area contributed by atoms with E-state index in [4.69, 9.17) is 5.11 Å². The van der Waals surface area contributed by atoms with Crippen LogP contribution >= 0.6 is 0 Å². The molecule has 0 aliphatic carbocycles. The molecule has 2 heteroatoms. The molecule has 0 aromatic heterocycles. The molecule has 2 aromatic rings. The molecule has 0 saturated carbocycles. The van der Waals surface area contributed by atoms with Gasteiger partial charge in [-0.25, -0.2) is 0 Å². The van der Waals surface area contributed by atoms with Crippen LogP contribution in [0, 0.1) is 0 Å². The molecule has 0 atom stereocenters. The zero-order valence-electron chi connectivity index (χ0n) is 8.88. The summed E-state index contributed by atoms with van der Waals surface area (Å²) in [6.45, 7) is 0.0721. The van der Waals surface area contributed by atoms with E-state index in [1.54, 1.807) is 0 Å². The Morgan fingerprint density at radius 1 is 0.938 bits per heavy atom. The summed E-state index contributed by atoms with van der Waals surface area (Å²) >= 11 is 0. The molecule has 2 rings (SSSR count). The third-order valence-corrected chi connectivity index (χ3v) is 2.28. The summed E-state index contributed by atoms with van der Waals surface area (Å²) in [5.41, 5.74) is 2.87. The molecule has 80 valence electrons. The van der Waals surface area contributed by atoms with Gasteiger partial charge in [0.1, 0.15) is 0 Å².